The van der Waals surface area contributed by atoms with E-state index in [2.05, 4.69) is 4.98 Å². The number of H-pyrrole nitrogens is 1. The normalized spacial score (nSPS) is 15.8. The lowest BCUT2D eigenvalue weighted by Crippen LogP contribution is -2.34. The van der Waals surface area contributed by atoms with Gasteiger partial charge >= 0.3 is 0 Å². The molecule has 2 aromatic rings. The van der Waals surface area contributed by atoms with Gasteiger partial charge in [0.15, 0.2) is 11.6 Å². The van der Waals surface area contributed by atoms with Crippen LogP contribution in [0.25, 0.3) is 0 Å². The Labute approximate surface area is 154 Å². The van der Waals surface area contributed by atoms with Crippen molar-refractivity contribution in [2.45, 2.75) is 12.8 Å². The van der Waals surface area contributed by atoms with Crippen LogP contribution < -0.4 is 20.8 Å². The van der Waals surface area contributed by atoms with Gasteiger partial charge in [0.2, 0.25) is 0 Å². The summed E-state index contributed by atoms with van der Waals surface area (Å²) in [5.74, 6) is -1.90. The van der Waals surface area contributed by atoms with Crippen LogP contribution in [0.5, 0.6) is 11.5 Å². The topological polar surface area (TPSA) is 129 Å². The van der Waals surface area contributed by atoms with Crippen LogP contribution in [-0.4, -0.2) is 36.7 Å². The lowest BCUT2D eigenvalue weighted by atomic mass is 9.80. The molecule has 0 radical (unpaired) electrons. The minimum atomic E-state index is -0.938. The van der Waals surface area contributed by atoms with Crippen LogP contribution in [-0.2, 0) is 6.42 Å². The van der Waals surface area contributed by atoms with Crippen LogP contribution in [0.15, 0.2) is 29.1 Å². The smallest absolute Gasteiger partial charge is 0.261 e. The van der Waals surface area contributed by atoms with E-state index in [0.29, 0.717) is 23.6 Å². The van der Waals surface area contributed by atoms with Gasteiger partial charge in [-0.15, -0.1) is 0 Å². The molecule has 8 heteroatoms. The van der Waals surface area contributed by atoms with Crippen molar-refractivity contribution in [2.75, 3.05) is 14.2 Å². The average molecular weight is 370 g/mol. The second-order valence-corrected chi connectivity index (χ2v) is 6.15. The number of hydrogen-bond acceptors (Lipinski definition) is 6. The van der Waals surface area contributed by atoms with Crippen molar-refractivity contribution in [3.63, 3.8) is 0 Å². The number of nitrogens with one attached hydrogen (secondary N) is 1. The molecule has 0 fully saturated rings. The maximum absolute atomic E-state index is 13.0. The summed E-state index contributed by atoms with van der Waals surface area (Å²) in [6.45, 7) is 0. The number of benzene rings is 1. The number of ketones is 2. The number of carbonyl (C=O) groups is 3. The summed E-state index contributed by atoms with van der Waals surface area (Å²) in [5, 5.41) is 0. The molecule has 0 saturated heterocycles. The first-order chi connectivity index (χ1) is 12.9. The van der Waals surface area contributed by atoms with Crippen molar-refractivity contribution in [3.05, 3.63) is 57.0 Å². The number of nitrogens with two attached hydrogens (primary N) is 1. The van der Waals surface area contributed by atoms with Gasteiger partial charge in [0.05, 0.1) is 25.7 Å². The Morgan fingerprint density at radius 2 is 1.85 bits per heavy atom. The van der Waals surface area contributed by atoms with E-state index in [9.17, 15) is 19.2 Å². The molecular weight excluding hydrogens is 352 g/mol. The Hall–Kier alpha value is -3.42. The highest BCUT2D eigenvalue weighted by atomic mass is 16.5. The van der Waals surface area contributed by atoms with Gasteiger partial charge in [-0.25, -0.2) is 0 Å². The van der Waals surface area contributed by atoms with Gasteiger partial charge in [-0.1, -0.05) is 0 Å². The van der Waals surface area contributed by atoms with E-state index in [-0.39, 0.29) is 23.1 Å². The highest BCUT2D eigenvalue weighted by Crippen LogP contribution is 2.31. The van der Waals surface area contributed by atoms with Gasteiger partial charge < -0.3 is 20.2 Å². The third-order valence-corrected chi connectivity index (χ3v) is 4.64. The largest absolute Gasteiger partial charge is 0.497 e. The summed E-state index contributed by atoms with van der Waals surface area (Å²) >= 11 is 0. The maximum atomic E-state index is 13.0. The molecular formula is C19H18N2O6. The minimum Gasteiger partial charge on any atom is -0.497 e. The number of ether oxygens (including phenoxy) is 2. The summed E-state index contributed by atoms with van der Waals surface area (Å²) < 4.78 is 10.4. The highest BCUT2D eigenvalue weighted by molar-refractivity contribution is 6.18. The second-order valence-electron chi connectivity index (χ2n) is 6.15. The molecule has 0 bridgehead atoms. The van der Waals surface area contributed by atoms with Gasteiger partial charge in [-0.2, -0.15) is 0 Å². The third-order valence-electron chi connectivity index (χ3n) is 4.64. The monoisotopic (exact) mass is 370 g/mol. The average Bonchev–Trinajstić information content (AvgIpc) is 2.66. The van der Waals surface area contributed by atoms with Crippen LogP contribution in [0.3, 0.4) is 0 Å². The molecule has 1 amide bonds. The van der Waals surface area contributed by atoms with E-state index in [1.165, 1.54) is 20.3 Å². The third kappa shape index (κ3) is 3.21. The number of Topliss-reactive ketones (excluding diaryl/α,β-unsaturated/α-hetero) is 2. The number of primary amides is 1. The van der Waals surface area contributed by atoms with Crippen molar-refractivity contribution >= 4 is 17.5 Å². The van der Waals surface area contributed by atoms with Crippen molar-refractivity contribution in [1.29, 1.82) is 0 Å². The standard InChI is InChI=1S/C19H18N2O6/c1-26-9-3-4-10(15(7-9)27-2)16(22)11-5-6-14-12(17(11)23)8-13(18(20)24)19(25)21-14/h3-4,7-8,11H,5-6H2,1-2H3,(H2,20,24)(H,21,25). The first-order valence-electron chi connectivity index (χ1n) is 8.23. The first-order valence-corrected chi connectivity index (χ1v) is 8.23. The molecule has 1 aliphatic rings. The van der Waals surface area contributed by atoms with Crippen LogP contribution in [0, 0.1) is 5.92 Å². The van der Waals surface area contributed by atoms with E-state index in [1.54, 1.807) is 18.2 Å². The van der Waals surface area contributed by atoms with E-state index in [1.807, 2.05) is 0 Å². The number of aryl methyl sites for hydroxylation is 1. The molecule has 3 rings (SSSR count). The van der Waals surface area contributed by atoms with Crippen LogP contribution in [0.1, 0.15) is 43.2 Å². The number of carbonyl (C=O) groups excluding carboxylic acids is 3. The number of methoxy groups -OCH3 is 2. The number of rotatable bonds is 5. The second kappa shape index (κ2) is 7.06. The molecule has 1 heterocycles. The maximum Gasteiger partial charge on any atom is 0.261 e. The number of hydrogen-bond donors (Lipinski definition) is 2. The number of amides is 1. The number of aromatic nitrogens is 1. The Morgan fingerprint density at radius 1 is 1.11 bits per heavy atom. The lowest BCUT2D eigenvalue weighted by molar-refractivity contribution is 0.0788. The molecule has 1 aromatic carbocycles. The number of fused-ring (bicyclic) bond motifs is 1. The Bertz CT molecular complexity index is 1010. The predicted molar refractivity (Wildman–Crippen MR) is 95.6 cm³/mol. The van der Waals surface area contributed by atoms with E-state index >= 15 is 0 Å². The SMILES string of the molecule is COc1ccc(C(=O)C2CCc3[nH]c(=O)c(C(N)=O)cc3C2=O)c(OC)c1. The van der Waals surface area contributed by atoms with Gasteiger partial charge in [0, 0.05) is 17.3 Å². The molecule has 0 spiro atoms. The Balaban J connectivity index is 2.00. The fourth-order valence-corrected chi connectivity index (χ4v) is 3.22. The summed E-state index contributed by atoms with van der Waals surface area (Å²) in [6.07, 6.45) is 0.565. The summed E-state index contributed by atoms with van der Waals surface area (Å²) in [7, 11) is 2.92. The van der Waals surface area contributed by atoms with Crippen molar-refractivity contribution in [1.82, 2.24) is 4.98 Å². The fraction of sp³-hybridized carbons (Fsp3) is 0.263. The van der Waals surface area contributed by atoms with Gasteiger partial charge in [-0.3, -0.25) is 19.2 Å². The van der Waals surface area contributed by atoms with E-state index < -0.39 is 29.0 Å². The molecule has 1 aliphatic carbocycles. The van der Waals surface area contributed by atoms with Crippen LogP contribution in [0.2, 0.25) is 0 Å². The van der Waals surface area contributed by atoms with E-state index in [0.717, 1.165) is 0 Å². The van der Waals surface area contributed by atoms with Crippen molar-refractivity contribution in [2.24, 2.45) is 11.7 Å². The molecule has 0 aliphatic heterocycles. The Kier molecular flexibility index (Phi) is 4.81. The number of aromatic amines is 1. The quantitative estimate of drug-likeness (QED) is 0.599. The Morgan fingerprint density at radius 3 is 2.48 bits per heavy atom. The highest BCUT2D eigenvalue weighted by Gasteiger charge is 2.35. The molecule has 8 nitrogen and oxygen atoms in total. The summed E-state index contributed by atoms with van der Waals surface area (Å²) in [5.41, 5.74) is 5.03. The molecule has 0 saturated carbocycles. The number of pyridine rings is 1. The molecule has 3 N–H and O–H groups in total. The van der Waals surface area contributed by atoms with Gasteiger partial charge in [0.25, 0.3) is 11.5 Å². The zero-order valence-electron chi connectivity index (χ0n) is 14.8. The predicted octanol–water partition coefficient (Wildman–Crippen LogP) is 1.12. The van der Waals surface area contributed by atoms with Crippen LogP contribution in [0.4, 0.5) is 0 Å². The lowest BCUT2D eigenvalue weighted by Gasteiger charge is -2.23. The van der Waals surface area contributed by atoms with E-state index in [4.69, 9.17) is 15.2 Å². The van der Waals surface area contributed by atoms with Crippen molar-refractivity contribution in [3.8, 4) is 11.5 Å². The fourth-order valence-electron chi connectivity index (χ4n) is 3.22. The zero-order chi connectivity index (χ0) is 19.7. The van der Waals surface area contributed by atoms with Crippen LogP contribution >= 0.6 is 0 Å². The minimum absolute atomic E-state index is 0.139. The molecule has 1 unspecified atom stereocenters. The molecule has 27 heavy (non-hydrogen) atoms. The summed E-state index contributed by atoms with van der Waals surface area (Å²) in [4.78, 5) is 51.6. The first kappa shape index (κ1) is 18.4. The summed E-state index contributed by atoms with van der Waals surface area (Å²) in [6, 6.07) is 5.89. The molecule has 1 atom stereocenters. The zero-order valence-corrected chi connectivity index (χ0v) is 14.8. The van der Waals surface area contributed by atoms with Crippen molar-refractivity contribution < 1.29 is 23.9 Å². The molecule has 140 valence electrons. The van der Waals surface area contributed by atoms with Gasteiger partial charge in [0.1, 0.15) is 17.1 Å². The van der Waals surface area contributed by atoms with Gasteiger partial charge in [-0.05, 0) is 31.0 Å². The molecule has 1 aromatic heterocycles.